The van der Waals surface area contributed by atoms with Crippen molar-refractivity contribution < 1.29 is 23.8 Å². The first kappa shape index (κ1) is 24.5. The van der Waals surface area contributed by atoms with E-state index in [0.717, 1.165) is 42.1 Å². The molecule has 1 amide bonds. The number of ether oxygens (including phenoxy) is 3. The van der Waals surface area contributed by atoms with E-state index in [9.17, 15) is 9.59 Å². The predicted molar refractivity (Wildman–Crippen MR) is 137 cm³/mol. The van der Waals surface area contributed by atoms with Crippen molar-refractivity contribution in [1.82, 2.24) is 4.90 Å². The van der Waals surface area contributed by atoms with Gasteiger partial charge in [0, 0.05) is 30.6 Å². The molecule has 35 heavy (non-hydrogen) atoms. The molecule has 1 aliphatic heterocycles. The maximum atomic E-state index is 12.7. The maximum absolute atomic E-state index is 12.7. The zero-order valence-corrected chi connectivity index (χ0v) is 20.8. The van der Waals surface area contributed by atoms with E-state index in [0.29, 0.717) is 22.1 Å². The van der Waals surface area contributed by atoms with E-state index in [4.69, 9.17) is 14.2 Å². The molecule has 0 aliphatic carbocycles. The van der Waals surface area contributed by atoms with Crippen LogP contribution in [0.5, 0.6) is 11.5 Å². The highest BCUT2D eigenvalue weighted by atomic mass is 32.1. The Kier molecular flexibility index (Phi) is 7.84. The number of carbonyl (C=O) groups excluding carboxylic acids is 2. The van der Waals surface area contributed by atoms with Gasteiger partial charge in [-0.2, -0.15) is 0 Å². The number of rotatable bonds is 8. The number of fused-ring (bicyclic) bond motifs is 1. The van der Waals surface area contributed by atoms with Crippen molar-refractivity contribution in [2.45, 2.75) is 19.5 Å². The SMILES string of the molecule is COC(=O)c1c(NC(=O)/C=C/c2ccc(OC)c(OC)c2)sc2c1CCN(Cc1ccccc1)C2. The summed E-state index contributed by atoms with van der Waals surface area (Å²) in [7, 11) is 4.49. The largest absolute Gasteiger partial charge is 0.493 e. The fourth-order valence-corrected chi connectivity index (χ4v) is 5.40. The van der Waals surface area contributed by atoms with Crippen LogP contribution in [0.15, 0.2) is 54.6 Å². The van der Waals surface area contributed by atoms with Crippen LogP contribution >= 0.6 is 11.3 Å². The van der Waals surface area contributed by atoms with Gasteiger partial charge in [0.25, 0.3) is 0 Å². The number of carbonyl (C=O) groups is 2. The first-order chi connectivity index (χ1) is 17.0. The first-order valence-electron chi connectivity index (χ1n) is 11.2. The molecule has 2 aromatic carbocycles. The number of benzene rings is 2. The molecular weight excluding hydrogens is 464 g/mol. The number of esters is 1. The number of methoxy groups -OCH3 is 3. The van der Waals surface area contributed by atoms with E-state index in [2.05, 4.69) is 22.3 Å². The Labute approximate surface area is 208 Å². The lowest BCUT2D eigenvalue weighted by Crippen LogP contribution is -2.29. The Morgan fingerprint density at radius 2 is 1.83 bits per heavy atom. The normalized spacial score (nSPS) is 13.3. The van der Waals surface area contributed by atoms with Crippen LogP contribution in [0.2, 0.25) is 0 Å². The number of amides is 1. The fraction of sp³-hybridized carbons (Fsp3) is 0.259. The van der Waals surface area contributed by atoms with Crippen molar-refractivity contribution in [2.24, 2.45) is 0 Å². The minimum absolute atomic E-state index is 0.329. The van der Waals surface area contributed by atoms with Gasteiger partial charge in [0.15, 0.2) is 11.5 Å². The molecule has 0 spiro atoms. The minimum Gasteiger partial charge on any atom is -0.493 e. The molecule has 2 heterocycles. The van der Waals surface area contributed by atoms with Gasteiger partial charge in [-0.25, -0.2) is 4.79 Å². The maximum Gasteiger partial charge on any atom is 0.341 e. The quantitative estimate of drug-likeness (QED) is 0.361. The summed E-state index contributed by atoms with van der Waals surface area (Å²) in [4.78, 5) is 28.8. The molecule has 0 unspecified atom stereocenters. The van der Waals surface area contributed by atoms with Gasteiger partial charge >= 0.3 is 5.97 Å². The summed E-state index contributed by atoms with van der Waals surface area (Å²) in [5, 5.41) is 3.41. The van der Waals surface area contributed by atoms with Gasteiger partial charge in [0.05, 0.1) is 26.9 Å². The van der Waals surface area contributed by atoms with Gasteiger partial charge in [-0.05, 0) is 41.3 Å². The number of nitrogens with one attached hydrogen (secondary N) is 1. The van der Waals surface area contributed by atoms with E-state index in [1.165, 1.54) is 30.1 Å². The fourth-order valence-electron chi connectivity index (χ4n) is 4.12. The second-order valence-electron chi connectivity index (χ2n) is 8.08. The Morgan fingerprint density at radius 1 is 1.06 bits per heavy atom. The van der Waals surface area contributed by atoms with E-state index in [-0.39, 0.29) is 5.91 Å². The Bertz CT molecular complexity index is 1240. The van der Waals surface area contributed by atoms with E-state index in [1.807, 2.05) is 24.3 Å². The van der Waals surface area contributed by atoms with Crippen LogP contribution < -0.4 is 14.8 Å². The van der Waals surface area contributed by atoms with E-state index in [1.54, 1.807) is 32.4 Å². The van der Waals surface area contributed by atoms with Crippen molar-refractivity contribution in [2.75, 3.05) is 33.2 Å². The van der Waals surface area contributed by atoms with Crippen molar-refractivity contribution in [3.63, 3.8) is 0 Å². The average Bonchev–Trinajstić information content (AvgIpc) is 3.24. The Balaban J connectivity index is 1.51. The standard InChI is InChI=1S/C27H28N2O5S/c1-32-21-11-9-18(15-22(21)33-2)10-12-24(30)28-26-25(27(31)34-3)20-13-14-29(17-23(20)35-26)16-19-7-5-4-6-8-19/h4-12,15H,13-14,16-17H2,1-3H3,(H,28,30)/b12-10+. The Hall–Kier alpha value is -3.62. The molecule has 8 heteroatoms. The average molecular weight is 493 g/mol. The monoisotopic (exact) mass is 492 g/mol. The number of hydrogen-bond acceptors (Lipinski definition) is 7. The lowest BCUT2D eigenvalue weighted by Gasteiger charge is -2.27. The molecule has 0 fully saturated rings. The number of hydrogen-bond donors (Lipinski definition) is 1. The highest BCUT2D eigenvalue weighted by Crippen LogP contribution is 2.38. The lowest BCUT2D eigenvalue weighted by molar-refractivity contribution is -0.111. The second-order valence-corrected chi connectivity index (χ2v) is 9.19. The first-order valence-corrected chi connectivity index (χ1v) is 12.0. The van der Waals surface area contributed by atoms with Crippen LogP contribution in [0.3, 0.4) is 0 Å². The van der Waals surface area contributed by atoms with Gasteiger partial charge in [0.2, 0.25) is 5.91 Å². The van der Waals surface area contributed by atoms with Gasteiger partial charge < -0.3 is 19.5 Å². The molecule has 0 saturated carbocycles. The zero-order valence-electron chi connectivity index (χ0n) is 20.0. The van der Waals surface area contributed by atoms with Gasteiger partial charge in [-0.15, -0.1) is 11.3 Å². The van der Waals surface area contributed by atoms with Crippen LogP contribution in [-0.4, -0.2) is 44.7 Å². The molecule has 0 radical (unpaired) electrons. The molecule has 1 aliphatic rings. The summed E-state index contributed by atoms with van der Waals surface area (Å²) in [5.41, 5.74) is 3.45. The van der Waals surface area contributed by atoms with Crippen LogP contribution in [0, 0.1) is 0 Å². The summed E-state index contributed by atoms with van der Waals surface area (Å²) in [6, 6.07) is 15.7. The topological polar surface area (TPSA) is 77.1 Å². The smallest absolute Gasteiger partial charge is 0.341 e. The number of nitrogens with zero attached hydrogens (tertiary/aromatic N) is 1. The van der Waals surface area contributed by atoms with Crippen molar-refractivity contribution in [1.29, 1.82) is 0 Å². The molecule has 0 saturated heterocycles. The predicted octanol–water partition coefficient (Wildman–Crippen LogP) is 4.76. The summed E-state index contributed by atoms with van der Waals surface area (Å²) >= 11 is 1.44. The number of anilines is 1. The summed E-state index contributed by atoms with van der Waals surface area (Å²) in [5.74, 6) is 0.430. The molecule has 1 aromatic heterocycles. The van der Waals surface area contributed by atoms with Gasteiger partial charge in [-0.1, -0.05) is 36.4 Å². The van der Waals surface area contributed by atoms with E-state index >= 15 is 0 Å². The third-order valence-corrected chi connectivity index (χ3v) is 6.98. The third kappa shape index (κ3) is 5.72. The molecule has 0 atom stereocenters. The van der Waals surface area contributed by atoms with Crippen LogP contribution in [0.4, 0.5) is 5.00 Å². The summed E-state index contributed by atoms with van der Waals surface area (Å²) in [6.45, 7) is 2.38. The summed E-state index contributed by atoms with van der Waals surface area (Å²) in [6.07, 6.45) is 3.84. The van der Waals surface area contributed by atoms with Crippen LogP contribution in [0.1, 0.15) is 31.9 Å². The van der Waals surface area contributed by atoms with Crippen LogP contribution in [-0.2, 0) is 29.0 Å². The second kappa shape index (κ2) is 11.2. The molecule has 182 valence electrons. The zero-order chi connectivity index (χ0) is 24.8. The van der Waals surface area contributed by atoms with E-state index < -0.39 is 5.97 Å². The molecule has 3 aromatic rings. The summed E-state index contributed by atoms with van der Waals surface area (Å²) < 4.78 is 15.6. The molecular formula is C27H28N2O5S. The molecule has 1 N–H and O–H groups in total. The number of thiophene rings is 1. The minimum atomic E-state index is -0.432. The molecule has 7 nitrogen and oxygen atoms in total. The highest BCUT2D eigenvalue weighted by Gasteiger charge is 2.29. The molecule has 4 rings (SSSR count). The highest BCUT2D eigenvalue weighted by molar-refractivity contribution is 7.17. The van der Waals surface area contributed by atoms with Crippen molar-refractivity contribution in [3.8, 4) is 11.5 Å². The third-order valence-electron chi connectivity index (χ3n) is 5.85. The van der Waals surface area contributed by atoms with Crippen molar-refractivity contribution in [3.05, 3.63) is 81.7 Å². The lowest BCUT2D eigenvalue weighted by atomic mass is 10.0. The molecule has 0 bridgehead atoms. The van der Waals surface area contributed by atoms with Crippen molar-refractivity contribution >= 4 is 34.3 Å². The van der Waals surface area contributed by atoms with Gasteiger partial charge in [0.1, 0.15) is 5.00 Å². The van der Waals surface area contributed by atoms with Gasteiger partial charge in [-0.3, -0.25) is 9.69 Å². The van der Waals surface area contributed by atoms with Crippen LogP contribution in [0.25, 0.3) is 6.08 Å². The Morgan fingerprint density at radius 3 is 2.54 bits per heavy atom.